The fourth-order valence-corrected chi connectivity index (χ4v) is 2.28. The molecule has 3 nitrogen and oxygen atoms in total. The SMILES string of the molecule is CC(C)CNCc1ccnn1CCCc1ccccc1. The molecule has 0 bridgehead atoms. The van der Waals surface area contributed by atoms with Crippen LogP contribution in [0.15, 0.2) is 42.6 Å². The van der Waals surface area contributed by atoms with Crippen molar-refractivity contribution in [1.82, 2.24) is 15.1 Å². The van der Waals surface area contributed by atoms with Crippen molar-refractivity contribution in [2.75, 3.05) is 6.54 Å². The molecule has 0 fully saturated rings. The normalized spacial score (nSPS) is 11.2. The van der Waals surface area contributed by atoms with Crippen LogP contribution in [0.25, 0.3) is 0 Å². The number of aromatic nitrogens is 2. The molecule has 3 heteroatoms. The highest BCUT2D eigenvalue weighted by molar-refractivity contribution is 5.14. The van der Waals surface area contributed by atoms with E-state index >= 15 is 0 Å². The lowest BCUT2D eigenvalue weighted by atomic mass is 10.1. The third kappa shape index (κ3) is 4.82. The number of nitrogens with zero attached hydrogens (tertiary/aromatic N) is 2. The van der Waals surface area contributed by atoms with Gasteiger partial charge in [-0.15, -0.1) is 0 Å². The summed E-state index contributed by atoms with van der Waals surface area (Å²) in [5, 5.41) is 7.90. The molecule has 1 heterocycles. The minimum atomic E-state index is 0.685. The number of aryl methyl sites for hydroxylation is 2. The summed E-state index contributed by atoms with van der Waals surface area (Å²) < 4.78 is 2.12. The first-order valence-corrected chi connectivity index (χ1v) is 7.51. The van der Waals surface area contributed by atoms with Crippen molar-refractivity contribution in [1.29, 1.82) is 0 Å². The smallest absolute Gasteiger partial charge is 0.0522 e. The summed E-state index contributed by atoms with van der Waals surface area (Å²) in [6.45, 7) is 7.40. The van der Waals surface area contributed by atoms with Gasteiger partial charge in [0.15, 0.2) is 0 Å². The zero-order chi connectivity index (χ0) is 14.2. The Balaban J connectivity index is 1.77. The molecule has 0 aliphatic carbocycles. The Labute approximate surface area is 122 Å². The fourth-order valence-electron chi connectivity index (χ4n) is 2.28. The molecule has 108 valence electrons. The number of benzene rings is 1. The van der Waals surface area contributed by atoms with Crippen LogP contribution in [0, 0.1) is 5.92 Å². The average Bonchev–Trinajstić information content (AvgIpc) is 2.87. The molecule has 20 heavy (non-hydrogen) atoms. The van der Waals surface area contributed by atoms with E-state index in [2.05, 4.69) is 65.3 Å². The van der Waals surface area contributed by atoms with Crippen LogP contribution in [-0.4, -0.2) is 16.3 Å². The summed E-state index contributed by atoms with van der Waals surface area (Å²) in [4.78, 5) is 0. The third-order valence-corrected chi connectivity index (χ3v) is 3.34. The van der Waals surface area contributed by atoms with Crippen LogP contribution in [0.2, 0.25) is 0 Å². The van der Waals surface area contributed by atoms with E-state index in [1.165, 1.54) is 11.3 Å². The monoisotopic (exact) mass is 271 g/mol. The van der Waals surface area contributed by atoms with Crippen molar-refractivity contribution in [3.8, 4) is 0 Å². The zero-order valence-corrected chi connectivity index (χ0v) is 12.5. The predicted octanol–water partition coefficient (Wildman–Crippen LogP) is 3.26. The van der Waals surface area contributed by atoms with Gasteiger partial charge in [-0.05, 0) is 36.9 Å². The maximum atomic E-state index is 4.42. The Bertz CT molecular complexity index is 488. The van der Waals surface area contributed by atoms with Crippen molar-refractivity contribution in [3.05, 3.63) is 53.9 Å². The van der Waals surface area contributed by atoms with Crippen LogP contribution in [0.5, 0.6) is 0 Å². The van der Waals surface area contributed by atoms with Gasteiger partial charge >= 0.3 is 0 Å². The minimum absolute atomic E-state index is 0.685. The lowest BCUT2D eigenvalue weighted by Gasteiger charge is -2.10. The summed E-state index contributed by atoms with van der Waals surface area (Å²) in [5.41, 5.74) is 2.68. The van der Waals surface area contributed by atoms with Crippen molar-refractivity contribution < 1.29 is 0 Å². The molecule has 0 aliphatic heterocycles. The highest BCUT2D eigenvalue weighted by Crippen LogP contribution is 2.06. The van der Waals surface area contributed by atoms with Gasteiger partial charge in [0.25, 0.3) is 0 Å². The molecule has 0 unspecified atom stereocenters. The Morgan fingerprint density at radius 3 is 2.70 bits per heavy atom. The van der Waals surface area contributed by atoms with Gasteiger partial charge in [0.2, 0.25) is 0 Å². The molecule has 1 aromatic carbocycles. The lowest BCUT2D eigenvalue weighted by Crippen LogP contribution is -2.21. The maximum absolute atomic E-state index is 4.42. The van der Waals surface area contributed by atoms with Gasteiger partial charge in [-0.1, -0.05) is 44.2 Å². The van der Waals surface area contributed by atoms with Crippen molar-refractivity contribution >= 4 is 0 Å². The van der Waals surface area contributed by atoms with Gasteiger partial charge in [0.1, 0.15) is 0 Å². The van der Waals surface area contributed by atoms with E-state index in [-0.39, 0.29) is 0 Å². The van der Waals surface area contributed by atoms with E-state index in [1.807, 2.05) is 6.20 Å². The van der Waals surface area contributed by atoms with Gasteiger partial charge in [-0.2, -0.15) is 5.10 Å². The minimum Gasteiger partial charge on any atom is -0.311 e. The van der Waals surface area contributed by atoms with Crippen molar-refractivity contribution in [3.63, 3.8) is 0 Å². The fraction of sp³-hybridized carbons (Fsp3) is 0.471. The van der Waals surface area contributed by atoms with Gasteiger partial charge in [0, 0.05) is 19.3 Å². The van der Waals surface area contributed by atoms with E-state index in [9.17, 15) is 0 Å². The molecule has 0 saturated carbocycles. The summed E-state index contributed by atoms with van der Waals surface area (Å²) in [6.07, 6.45) is 4.14. The molecular weight excluding hydrogens is 246 g/mol. The standard InChI is InChI=1S/C17H25N3/c1-15(2)13-18-14-17-10-11-19-20(17)12-6-9-16-7-4-3-5-8-16/h3-5,7-8,10-11,15,18H,6,9,12-14H2,1-2H3. The molecule has 2 rings (SSSR count). The Morgan fingerprint density at radius 2 is 1.95 bits per heavy atom. The molecule has 0 aliphatic rings. The molecular formula is C17H25N3. The van der Waals surface area contributed by atoms with E-state index in [0.29, 0.717) is 5.92 Å². The Morgan fingerprint density at radius 1 is 1.15 bits per heavy atom. The highest BCUT2D eigenvalue weighted by Gasteiger charge is 2.03. The van der Waals surface area contributed by atoms with Crippen LogP contribution < -0.4 is 5.32 Å². The number of rotatable bonds is 8. The zero-order valence-electron chi connectivity index (χ0n) is 12.5. The Hall–Kier alpha value is -1.61. The van der Waals surface area contributed by atoms with E-state index in [1.54, 1.807) is 0 Å². The van der Waals surface area contributed by atoms with Crippen molar-refractivity contribution in [2.45, 2.75) is 39.8 Å². The first-order chi connectivity index (χ1) is 9.75. The number of hydrogen-bond acceptors (Lipinski definition) is 2. The van der Waals surface area contributed by atoms with Crippen LogP contribution in [0.4, 0.5) is 0 Å². The quantitative estimate of drug-likeness (QED) is 0.798. The largest absolute Gasteiger partial charge is 0.311 e. The summed E-state index contributed by atoms with van der Waals surface area (Å²) in [7, 11) is 0. The third-order valence-electron chi connectivity index (χ3n) is 3.34. The summed E-state index contributed by atoms with van der Waals surface area (Å²) in [6, 6.07) is 12.8. The lowest BCUT2D eigenvalue weighted by molar-refractivity contribution is 0.508. The first-order valence-electron chi connectivity index (χ1n) is 7.51. The molecule has 0 atom stereocenters. The van der Waals surface area contributed by atoms with Gasteiger partial charge in [-0.25, -0.2) is 0 Å². The second-order valence-corrected chi connectivity index (χ2v) is 5.66. The van der Waals surface area contributed by atoms with Crippen LogP contribution in [0.1, 0.15) is 31.5 Å². The molecule has 0 spiro atoms. The van der Waals surface area contributed by atoms with Crippen LogP contribution in [-0.2, 0) is 19.5 Å². The number of hydrogen-bond donors (Lipinski definition) is 1. The Kier molecular flexibility index (Phi) is 5.81. The summed E-state index contributed by atoms with van der Waals surface area (Å²) >= 11 is 0. The topological polar surface area (TPSA) is 29.9 Å². The second-order valence-electron chi connectivity index (χ2n) is 5.66. The van der Waals surface area contributed by atoms with E-state index in [0.717, 1.165) is 32.5 Å². The van der Waals surface area contributed by atoms with E-state index < -0.39 is 0 Å². The molecule has 0 amide bonds. The van der Waals surface area contributed by atoms with Gasteiger partial charge < -0.3 is 5.32 Å². The second kappa shape index (κ2) is 7.85. The molecule has 1 aromatic heterocycles. The highest BCUT2D eigenvalue weighted by atomic mass is 15.3. The number of nitrogens with one attached hydrogen (secondary N) is 1. The van der Waals surface area contributed by atoms with Gasteiger partial charge in [-0.3, -0.25) is 4.68 Å². The predicted molar refractivity (Wildman–Crippen MR) is 83.5 cm³/mol. The van der Waals surface area contributed by atoms with E-state index in [4.69, 9.17) is 0 Å². The molecule has 1 N–H and O–H groups in total. The molecule has 0 saturated heterocycles. The van der Waals surface area contributed by atoms with Crippen LogP contribution >= 0.6 is 0 Å². The molecule has 0 radical (unpaired) electrons. The maximum Gasteiger partial charge on any atom is 0.0522 e. The summed E-state index contributed by atoms with van der Waals surface area (Å²) in [5.74, 6) is 0.685. The molecule has 2 aromatic rings. The average molecular weight is 271 g/mol. The van der Waals surface area contributed by atoms with Crippen molar-refractivity contribution in [2.24, 2.45) is 5.92 Å². The van der Waals surface area contributed by atoms with Gasteiger partial charge in [0.05, 0.1) is 5.69 Å². The van der Waals surface area contributed by atoms with Crippen LogP contribution in [0.3, 0.4) is 0 Å². The first kappa shape index (κ1) is 14.8.